The highest BCUT2D eigenvalue weighted by molar-refractivity contribution is 4.85. The molecule has 0 amide bonds. The topological polar surface area (TPSA) is 0 Å². The van der Waals surface area contributed by atoms with Crippen LogP contribution in [0, 0.1) is 29.6 Å². The summed E-state index contributed by atoms with van der Waals surface area (Å²) in [5, 5.41) is 0. The van der Waals surface area contributed by atoms with Crippen LogP contribution in [0.15, 0.2) is 12.7 Å². The molecule has 2 rings (SSSR count). The summed E-state index contributed by atoms with van der Waals surface area (Å²) in [4.78, 5) is 0. The first-order valence-corrected chi connectivity index (χ1v) is 8.15. The van der Waals surface area contributed by atoms with Gasteiger partial charge in [0, 0.05) is 0 Å². The molecule has 0 aromatic carbocycles. The molecule has 18 heavy (non-hydrogen) atoms. The van der Waals surface area contributed by atoms with Crippen LogP contribution in [0.2, 0.25) is 0 Å². The van der Waals surface area contributed by atoms with Crippen molar-refractivity contribution in [2.75, 3.05) is 0 Å². The normalized spacial score (nSPS) is 40.6. The van der Waals surface area contributed by atoms with Gasteiger partial charge in [0.15, 0.2) is 0 Å². The van der Waals surface area contributed by atoms with Crippen LogP contribution < -0.4 is 0 Å². The molecule has 0 nitrogen and oxygen atoms in total. The Morgan fingerprint density at radius 1 is 0.722 bits per heavy atom. The van der Waals surface area contributed by atoms with Crippen LogP contribution in [0.4, 0.5) is 0 Å². The fourth-order valence-corrected chi connectivity index (χ4v) is 3.23. The molecule has 3 unspecified atom stereocenters. The van der Waals surface area contributed by atoms with Gasteiger partial charge in [0.2, 0.25) is 0 Å². The van der Waals surface area contributed by atoms with Crippen molar-refractivity contribution in [2.24, 2.45) is 29.6 Å². The van der Waals surface area contributed by atoms with E-state index in [0.717, 1.165) is 29.6 Å². The van der Waals surface area contributed by atoms with Gasteiger partial charge in [-0.15, -0.1) is 6.58 Å². The average Bonchev–Trinajstić information content (AvgIpc) is 2.37. The molecule has 0 heterocycles. The van der Waals surface area contributed by atoms with Crippen LogP contribution in [0.3, 0.4) is 0 Å². The molecule has 0 aromatic rings. The molecular formula is C18H34. The van der Waals surface area contributed by atoms with E-state index in [4.69, 9.17) is 0 Å². The Morgan fingerprint density at radius 3 is 1.61 bits per heavy atom. The molecule has 0 radical (unpaired) electrons. The maximum atomic E-state index is 3.84. The van der Waals surface area contributed by atoms with E-state index in [1.807, 2.05) is 0 Å². The third kappa shape index (κ3) is 5.59. The minimum atomic E-state index is 0.811. The van der Waals surface area contributed by atoms with Crippen molar-refractivity contribution in [1.82, 2.24) is 0 Å². The second kappa shape index (κ2) is 8.02. The fourth-order valence-electron chi connectivity index (χ4n) is 3.23. The molecule has 0 spiro atoms. The van der Waals surface area contributed by atoms with Crippen molar-refractivity contribution in [2.45, 2.75) is 72.6 Å². The summed E-state index contributed by atoms with van der Waals surface area (Å²) >= 11 is 0. The van der Waals surface area contributed by atoms with Crippen LogP contribution in [0.1, 0.15) is 72.6 Å². The smallest absolute Gasteiger partial charge is 0.0233 e. The van der Waals surface area contributed by atoms with E-state index in [2.05, 4.69) is 40.3 Å². The third-order valence-corrected chi connectivity index (χ3v) is 5.28. The van der Waals surface area contributed by atoms with Crippen molar-refractivity contribution < 1.29 is 0 Å². The molecule has 0 bridgehead atoms. The lowest BCUT2D eigenvalue weighted by Gasteiger charge is -2.30. The van der Waals surface area contributed by atoms with Crippen LogP contribution in [0.25, 0.3) is 0 Å². The van der Waals surface area contributed by atoms with Crippen LogP contribution >= 0.6 is 0 Å². The van der Waals surface area contributed by atoms with Gasteiger partial charge < -0.3 is 0 Å². The highest BCUT2D eigenvalue weighted by atomic mass is 14.3. The summed E-state index contributed by atoms with van der Waals surface area (Å²) in [5.41, 5.74) is 0. The quantitative estimate of drug-likeness (QED) is 0.495. The second-order valence-electron chi connectivity index (χ2n) is 7.13. The summed E-state index contributed by atoms with van der Waals surface area (Å²) in [6.45, 7) is 13.3. The monoisotopic (exact) mass is 250 g/mol. The summed E-state index contributed by atoms with van der Waals surface area (Å²) < 4.78 is 0. The van der Waals surface area contributed by atoms with Crippen LogP contribution in [-0.4, -0.2) is 0 Å². The maximum absolute atomic E-state index is 3.84. The highest BCUT2D eigenvalue weighted by Gasteiger charge is 2.22. The molecule has 2 aliphatic carbocycles. The minimum absolute atomic E-state index is 0.811. The van der Waals surface area contributed by atoms with Crippen LogP contribution in [-0.2, 0) is 0 Å². The van der Waals surface area contributed by atoms with E-state index in [9.17, 15) is 0 Å². The summed E-state index contributed by atoms with van der Waals surface area (Å²) in [5.74, 6) is 4.71. The van der Waals surface area contributed by atoms with Gasteiger partial charge >= 0.3 is 0 Å². The molecule has 0 heteroatoms. The molecule has 2 fully saturated rings. The summed E-state index contributed by atoms with van der Waals surface area (Å²) in [6, 6.07) is 0. The van der Waals surface area contributed by atoms with Gasteiger partial charge in [0.1, 0.15) is 0 Å². The lowest BCUT2D eigenvalue weighted by Crippen LogP contribution is -2.19. The zero-order valence-corrected chi connectivity index (χ0v) is 13.1. The van der Waals surface area contributed by atoms with Gasteiger partial charge in [0.05, 0.1) is 0 Å². The molecule has 0 aromatic heterocycles. The zero-order valence-electron chi connectivity index (χ0n) is 13.1. The number of allylic oxidation sites excluding steroid dienone is 1. The van der Waals surface area contributed by atoms with E-state index >= 15 is 0 Å². The predicted molar refractivity (Wildman–Crippen MR) is 82.7 cm³/mol. The third-order valence-electron chi connectivity index (χ3n) is 5.28. The molecule has 0 saturated heterocycles. The first kappa shape index (κ1) is 15.8. The average molecular weight is 250 g/mol. The van der Waals surface area contributed by atoms with Crippen molar-refractivity contribution >= 4 is 0 Å². The van der Waals surface area contributed by atoms with E-state index in [1.165, 1.54) is 44.9 Å². The molecule has 106 valence electrons. The Morgan fingerprint density at radius 2 is 1.22 bits per heavy atom. The van der Waals surface area contributed by atoms with Gasteiger partial charge in [-0.3, -0.25) is 0 Å². The Bertz CT molecular complexity index is 212. The number of hydrogen-bond acceptors (Lipinski definition) is 0. The standard InChI is InChI=1S/C10H18.C8H16/c1-4-10-6-5-8(2)9(3)7-10;1-7-3-5-8(2)6-4-7/h4,8-10H,1,5-7H2,2-3H3;7-8H,3-6H2,1-2H3. The first-order chi connectivity index (χ1) is 8.52. The molecular weight excluding hydrogens is 216 g/mol. The molecule has 0 N–H and O–H groups in total. The Kier molecular flexibility index (Phi) is 7.04. The lowest BCUT2D eigenvalue weighted by atomic mass is 9.76. The van der Waals surface area contributed by atoms with Crippen molar-refractivity contribution in [1.29, 1.82) is 0 Å². The van der Waals surface area contributed by atoms with Crippen molar-refractivity contribution in [3.63, 3.8) is 0 Å². The molecule has 2 saturated carbocycles. The Labute approximate surface area is 115 Å². The number of rotatable bonds is 1. The first-order valence-electron chi connectivity index (χ1n) is 8.15. The number of hydrogen-bond donors (Lipinski definition) is 0. The van der Waals surface area contributed by atoms with Gasteiger partial charge in [-0.05, 0) is 48.9 Å². The predicted octanol–water partition coefficient (Wildman–Crippen LogP) is 6.08. The van der Waals surface area contributed by atoms with E-state index < -0.39 is 0 Å². The van der Waals surface area contributed by atoms with Gasteiger partial charge in [-0.2, -0.15) is 0 Å². The fraction of sp³-hybridized carbons (Fsp3) is 0.889. The maximum Gasteiger partial charge on any atom is -0.0233 e. The van der Waals surface area contributed by atoms with E-state index in [0.29, 0.717) is 0 Å². The SMILES string of the molecule is C=CC1CCC(C)C(C)C1.CC1CCC(C)CC1. The minimum Gasteiger partial charge on any atom is -0.103 e. The Balaban J connectivity index is 0.000000184. The van der Waals surface area contributed by atoms with Gasteiger partial charge in [0.25, 0.3) is 0 Å². The van der Waals surface area contributed by atoms with Gasteiger partial charge in [-0.25, -0.2) is 0 Å². The van der Waals surface area contributed by atoms with E-state index in [1.54, 1.807) is 0 Å². The Hall–Kier alpha value is -0.260. The van der Waals surface area contributed by atoms with Crippen molar-refractivity contribution in [3.05, 3.63) is 12.7 Å². The van der Waals surface area contributed by atoms with Crippen LogP contribution in [0.5, 0.6) is 0 Å². The van der Waals surface area contributed by atoms with E-state index in [-0.39, 0.29) is 0 Å². The largest absolute Gasteiger partial charge is 0.103 e. The molecule has 0 aliphatic heterocycles. The second-order valence-corrected chi connectivity index (χ2v) is 7.13. The summed E-state index contributed by atoms with van der Waals surface area (Å²) in [7, 11) is 0. The lowest BCUT2D eigenvalue weighted by molar-refractivity contribution is 0.237. The van der Waals surface area contributed by atoms with Gasteiger partial charge in [-0.1, -0.05) is 59.5 Å². The molecule has 2 aliphatic rings. The summed E-state index contributed by atoms with van der Waals surface area (Å²) in [6.07, 6.45) is 12.2. The molecule has 3 atom stereocenters. The van der Waals surface area contributed by atoms with Crippen molar-refractivity contribution in [3.8, 4) is 0 Å². The zero-order chi connectivity index (χ0) is 13.5. The highest BCUT2D eigenvalue weighted by Crippen LogP contribution is 2.33.